The predicted molar refractivity (Wildman–Crippen MR) is 128 cm³/mol. The normalized spacial score (nSPS) is 17.0. The van der Waals surface area contributed by atoms with Crippen LogP contribution in [0.2, 0.25) is 0 Å². The van der Waals surface area contributed by atoms with Gasteiger partial charge in [0.15, 0.2) is 10.8 Å². The lowest BCUT2D eigenvalue weighted by Gasteiger charge is -2.43. The van der Waals surface area contributed by atoms with E-state index in [0.29, 0.717) is 5.82 Å². The van der Waals surface area contributed by atoms with Crippen LogP contribution in [0.15, 0.2) is 61.1 Å². The highest BCUT2D eigenvalue weighted by atomic mass is 32.1. The number of hydrogen-bond acceptors (Lipinski definition) is 6. The second-order valence-corrected chi connectivity index (χ2v) is 9.71. The average Bonchev–Trinajstić information content (AvgIpc) is 3.34. The largest absolute Gasteiger partial charge is 0.365 e. The number of fused-ring (bicyclic) bond motifs is 1. The molecule has 0 saturated heterocycles. The lowest BCUT2D eigenvalue weighted by molar-refractivity contribution is 0.301. The molecule has 1 saturated carbocycles. The van der Waals surface area contributed by atoms with E-state index in [2.05, 4.69) is 74.7 Å². The summed E-state index contributed by atoms with van der Waals surface area (Å²) in [6.07, 6.45) is 8.25. The smallest absolute Gasteiger partial charge is 0.190 e. The SMILES string of the molecule is Cc1ccc(C2(c3ccc(N4CCc5cnc(-c6ncns6)nc5C4)cc3)CCC2)cc1. The number of benzene rings is 2. The zero-order valence-electron chi connectivity index (χ0n) is 18.2. The Balaban J connectivity index is 1.25. The molecule has 2 aliphatic rings. The molecule has 0 spiro atoms. The molecule has 1 aliphatic heterocycles. The van der Waals surface area contributed by atoms with Gasteiger partial charge in [-0.15, -0.1) is 0 Å². The Morgan fingerprint density at radius 2 is 1.69 bits per heavy atom. The molecule has 0 radical (unpaired) electrons. The van der Waals surface area contributed by atoms with Crippen LogP contribution in [0.5, 0.6) is 0 Å². The molecule has 32 heavy (non-hydrogen) atoms. The van der Waals surface area contributed by atoms with E-state index < -0.39 is 0 Å². The van der Waals surface area contributed by atoms with Crippen molar-refractivity contribution in [2.24, 2.45) is 0 Å². The summed E-state index contributed by atoms with van der Waals surface area (Å²) in [7, 11) is 0. The van der Waals surface area contributed by atoms with Gasteiger partial charge < -0.3 is 4.90 Å². The number of aryl methyl sites for hydroxylation is 1. The summed E-state index contributed by atoms with van der Waals surface area (Å²) in [6.45, 7) is 3.94. The van der Waals surface area contributed by atoms with E-state index in [-0.39, 0.29) is 5.41 Å². The minimum atomic E-state index is 0.185. The van der Waals surface area contributed by atoms with E-state index in [9.17, 15) is 0 Å². The Morgan fingerprint density at radius 3 is 2.34 bits per heavy atom. The maximum absolute atomic E-state index is 4.81. The van der Waals surface area contributed by atoms with Crippen molar-refractivity contribution in [2.45, 2.75) is 44.6 Å². The summed E-state index contributed by atoms with van der Waals surface area (Å²) in [5, 5.41) is 0.774. The van der Waals surface area contributed by atoms with Crippen molar-refractivity contribution in [1.82, 2.24) is 19.3 Å². The van der Waals surface area contributed by atoms with Crippen LogP contribution in [0.25, 0.3) is 10.8 Å². The molecule has 0 unspecified atom stereocenters. The first kappa shape index (κ1) is 19.6. The molecular formula is C26H25N5S. The van der Waals surface area contributed by atoms with Crippen molar-refractivity contribution in [3.05, 3.63) is 89.0 Å². The van der Waals surface area contributed by atoms with Crippen molar-refractivity contribution in [1.29, 1.82) is 0 Å². The Kier molecular flexibility index (Phi) is 4.76. The summed E-state index contributed by atoms with van der Waals surface area (Å²) in [6, 6.07) is 18.4. The van der Waals surface area contributed by atoms with E-state index in [4.69, 9.17) is 4.98 Å². The summed E-state index contributed by atoms with van der Waals surface area (Å²) in [5.41, 5.74) is 7.99. The fraction of sp³-hybridized carbons (Fsp3) is 0.308. The maximum atomic E-state index is 4.81. The highest BCUT2D eigenvalue weighted by Crippen LogP contribution is 2.49. The van der Waals surface area contributed by atoms with Crippen molar-refractivity contribution in [3.63, 3.8) is 0 Å². The van der Waals surface area contributed by atoms with Crippen LogP contribution in [-0.4, -0.2) is 25.9 Å². The van der Waals surface area contributed by atoms with Crippen molar-refractivity contribution >= 4 is 17.2 Å². The second kappa shape index (κ2) is 7.78. The highest BCUT2D eigenvalue weighted by Gasteiger charge is 2.40. The molecule has 2 aromatic heterocycles. The molecule has 0 N–H and O–H groups in total. The predicted octanol–water partition coefficient (Wildman–Crippen LogP) is 5.34. The van der Waals surface area contributed by atoms with Gasteiger partial charge >= 0.3 is 0 Å². The number of aromatic nitrogens is 4. The third-order valence-corrected chi connectivity index (χ3v) is 7.76. The molecule has 0 amide bonds. The first-order valence-electron chi connectivity index (χ1n) is 11.3. The van der Waals surface area contributed by atoms with Gasteiger partial charge in [-0.25, -0.2) is 15.0 Å². The van der Waals surface area contributed by atoms with Gasteiger partial charge in [0.25, 0.3) is 0 Å². The number of hydrogen-bond donors (Lipinski definition) is 0. The zero-order chi connectivity index (χ0) is 21.5. The van der Waals surface area contributed by atoms with E-state index in [1.807, 2.05) is 6.20 Å². The summed E-state index contributed by atoms with van der Waals surface area (Å²) >= 11 is 1.33. The van der Waals surface area contributed by atoms with Crippen LogP contribution in [-0.2, 0) is 18.4 Å². The Bertz CT molecular complexity index is 1230. The minimum Gasteiger partial charge on any atom is -0.365 e. The van der Waals surface area contributed by atoms with Crippen LogP contribution in [0.3, 0.4) is 0 Å². The standard InChI is InChI=1S/C26H25N5S/c1-18-3-5-20(6-4-18)26(12-2-13-26)21-7-9-22(10-8-21)31-14-11-19-15-27-24(30-23(19)16-31)25-28-17-29-32-25/h3-10,15,17H,2,11-14,16H2,1H3. The van der Waals surface area contributed by atoms with Crippen molar-refractivity contribution < 1.29 is 0 Å². The van der Waals surface area contributed by atoms with Crippen LogP contribution in [0.1, 0.15) is 47.2 Å². The molecule has 0 atom stereocenters. The fourth-order valence-electron chi connectivity index (χ4n) is 5.04. The summed E-state index contributed by atoms with van der Waals surface area (Å²) in [4.78, 5) is 16.0. The lowest BCUT2D eigenvalue weighted by Crippen LogP contribution is -2.35. The Hall–Kier alpha value is -3.12. The van der Waals surface area contributed by atoms with Crippen LogP contribution >= 0.6 is 11.5 Å². The number of anilines is 1. The monoisotopic (exact) mass is 439 g/mol. The maximum Gasteiger partial charge on any atom is 0.190 e. The molecule has 5 nitrogen and oxygen atoms in total. The molecule has 6 heteroatoms. The Labute approximate surface area is 192 Å². The third kappa shape index (κ3) is 3.30. The average molecular weight is 440 g/mol. The lowest BCUT2D eigenvalue weighted by atomic mass is 9.60. The zero-order valence-corrected chi connectivity index (χ0v) is 19.0. The molecule has 1 aliphatic carbocycles. The molecule has 1 fully saturated rings. The Morgan fingerprint density at radius 1 is 0.938 bits per heavy atom. The fourth-order valence-corrected chi connectivity index (χ4v) is 5.50. The van der Waals surface area contributed by atoms with Gasteiger partial charge in [0, 0.05) is 23.8 Å². The second-order valence-electron chi connectivity index (χ2n) is 8.93. The molecule has 6 rings (SSSR count). The third-order valence-electron chi connectivity index (χ3n) is 7.09. The number of rotatable bonds is 4. The number of nitrogens with zero attached hydrogens (tertiary/aromatic N) is 5. The van der Waals surface area contributed by atoms with Gasteiger partial charge in [-0.3, -0.25) is 0 Å². The van der Waals surface area contributed by atoms with Crippen LogP contribution in [0, 0.1) is 6.92 Å². The van der Waals surface area contributed by atoms with Gasteiger partial charge in [0.1, 0.15) is 6.33 Å². The molecular weight excluding hydrogens is 414 g/mol. The molecule has 3 heterocycles. The van der Waals surface area contributed by atoms with E-state index in [0.717, 1.165) is 30.2 Å². The molecule has 160 valence electrons. The summed E-state index contributed by atoms with van der Waals surface area (Å²) in [5.74, 6) is 0.675. The molecule has 0 bridgehead atoms. The van der Waals surface area contributed by atoms with Crippen molar-refractivity contribution in [2.75, 3.05) is 11.4 Å². The minimum absolute atomic E-state index is 0.185. The summed E-state index contributed by atoms with van der Waals surface area (Å²) < 4.78 is 4.08. The van der Waals surface area contributed by atoms with Crippen LogP contribution in [0.4, 0.5) is 5.69 Å². The van der Waals surface area contributed by atoms with E-state index in [1.54, 1.807) is 6.33 Å². The molecule has 2 aromatic carbocycles. The van der Waals surface area contributed by atoms with Gasteiger partial charge in [-0.1, -0.05) is 48.4 Å². The van der Waals surface area contributed by atoms with Gasteiger partial charge in [-0.05, 0) is 66.5 Å². The highest BCUT2D eigenvalue weighted by molar-refractivity contribution is 7.08. The van der Waals surface area contributed by atoms with Gasteiger partial charge in [-0.2, -0.15) is 4.37 Å². The van der Waals surface area contributed by atoms with E-state index in [1.165, 1.54) is 58.7 Å². The van der Waals surface area contributed by atoms with Gasteiger partial charge in [0.05, 0.1) is 12.2 Å². The van der Waals surface area contributed by atoms with Crippen molar-refractivity contribution in [3.8, 4) is 10.8 Å². The van der Waals surface area contributed by atoms with Crippen LogP contribution < -0.4 is 4.90 Å². The quantitative estimate of drug-likeness (QED) is 0.430. The molecule has 4 aromatic rings. The first-order valence-corrected chi connectivity index (χ1v) is 12.0. The van der Waals surface area contributed by atoms with E-state index >= 15 is 0 Å². The first-order chi connectivity index (χ1) is 15.7. The van der Waals surface area contributed by atoms with Gasteiger partial charge in [0.2, 0.25) is 0 Å². The topological polar surface area (TPSA) is 54.8 Å².